The first kappa shape index (κ1) is 17.2. The molecule has 0 amide bonds. The van der Waals surface area contributed by atoms with E-state index < -0.39 is 0 Å². The van der Waals surface area contributed by atoms with Gasteiger partial charge in [-0.25, -0.2) is 0 Å². The maximum atomic E-state index is 11.4. The summed E-state index contributed by atoms with van der Waals surface area (Å²) in [4.78, 5) is 13.4. The summed E-state index contributed by atoms with van der Waals surface area (Å²) in [5.41, 5.74) is 1.25. The highest BCUT2D eigenvalue weighted by Gasteiger charge is 2.02. The Bertz CT molecular complexity index is 237. The summed E-state index contributed by atoms with van der Waals surface area (Å²) in [6.45, 7) is 7.46. The van der Waals surface area contributed by atoms with Gasteiger partial charge in [0.2, 0.25) is 0 Å². The summed E-state index contributed by atoms with van der Waals surface area (Å²) in [6.07, 6.45) is 7.05. The lowest BCUT2D eigenvalue weighted by atomic mass is 10.1. The molecule has 106 valence electrons. The summed E-state index contributed by atoms with van der Waals surface area (Å²) >= 11 is 0. The van der Waals surface area contributed by atoms with Gasteiger partial charge in [0.25, 0.3) is 0 Å². The van der Waals surface area contributed by atoms with Gasteiger partial charge in [0, 0.05) is 6.42 Å². The molecule has 0 radical (unpaired) electrons. The van der Waals surface area contributed by atoms with Gasteiger partial charge in [-0.3, -0.25) is 4.79 Å². The molecule has 0 aromatic carbocycles. The van der Waals surface area contributed by atoms with Crippen molar-refractivity contribution in [2.24, 2.45) is 0 Å². The Morgan fingerprint density at radius 3 is 2.33 bits per heavy atom. The van der Waals surface area contributed by atoms with E-state index in [1.807, 2.05) is 14.1 Å². The highest BCUT2D eigenvalue weighted by Crippen LogP contribution is 2.08. The number of allylic oxidation sites excluding steroid dienone is 1. The first-order chi connectivity index (χ1) is 8.52. The van der Waals surface area contributed by atoms with Gasteiger partial charge < -0.3 is 9.64 Å². The molecule has 0 aliphatic carbocycles. The molecule has 0 bridgehead atoms. The van der Waals surface area contributed by atoms with Crippen LogP contribution in [0.25, 0.3) is 0 Å². The lowest BCUT2D eigenvalue weighted by molar-refractivity contribution is -0.143. The standard InChI is InChI=1S/C15H29NO2/c1-14(2)10-7-5-6-8-13-18-15(17)11-9-12-16(3)4/h1,5-13H2,2-4H3. The summed E-state index contributed by atoms with van der Waals surface area (Å²) in [7, 11) is 4.02. The average Bonchev–Trinajstić information content (AvgIpc) is 2.26. The number of hydrogen-bond acceptors (Lipinski definition) is 3. The minimum atomic E-state index is -0.0567. The van der Waals surface area contributed by atoms with Crippen molar-refractivity contribution in [1.82, 2.24) is 4.90 Å². The van der Waals surface area contributed by atoms with Crippen molar-refractivity contribution in [2.45, 2.75) is 51.9 Å². The molecule has 0 aromatic rings. The molecular weight excluding hydrogens is 226 g/mol. The molecule has 0 heterocycles. The third kappa shape index (κ3) is 13.2. The highest BCUT2D eigenvalue weighted by molar-refractivity contribution is 5.69. The molecule has 0 unspecified atom stereocenters. The Balaban J connectivity index is 3.22. The molecule has 0 spiro atoms. The van der Waals surface area contributed by atoms with E-state index in [-0.39, 0.29) is 5.97 Å². The van der Waals surface area contributed by atoms with E-state index >= 15 is 0 Å². The second-order valence-electron chi connectivity index (χ2n) is 5.25. The Hall–Kier alpha value is -0.830. The minimum absolute atomic E-state index is 0.0567. The van der Waals surface area contributed by atoms with E-state index in [9.17, 15) is 4.79 Å². The normalized spacial score (nSPS) is 10.7. The molecule has 0 aliphatic rings. The smallest absolute Gasteiger partial charge is 0.305 e. The molecule has 0 saturated carbocycles. The fourth-order valence-electron chi connectivity index (χ4n) is 1.68. The van der Waals surface area contributed by atoms with Gasteiger partial charge in [0.05, 0.1) is 6.61 Å². The summed E-state index contributed by atoms with van der Waals surface area (Å²) in [5, 5.41) is 0. The molecule has 0 rings (SSSR count). The van der Waals surface area contributed by atoms with Crippen molar-refractivity contribution in [3.63, 3.8) is 0 Å². The maximum Gasteiger partial charge on any atom is 0.305 e. The van der Waals surface area contributed by atoms with Gasteiger partial charge in [0.15, 0.2) is 0 Å². The van der Waals surface area contributed by atoms with Crippen LogP contribution in [0.1, 0.15) is 51.9 Å². The fraction of sp³-hybridized carbons (Fsp3) is 0.800. The zero-order valence-electron chi connectivity index (χ0n) is 12.3. The highest BCUT2D eigenvalue weighted by atomic mass is 16.5. The van der Waals surface area contributed by atoms with Gasteiger partial charge >= 0.3 is 5.97 Å². The first-order valence-corrected chi connectivity index (χ1v) is 6.97. The van der Waals surface area contributed by atoms with E-state index in [0.29, 0.717) is 13.0 Å². The van der Waals surface area contributed by atoms with Crippen LogP contribution in [0.5, 0.6) is 0 Å². The SMILES string of the molecule is C=C(C)CCCCCCOC(=O)CCCN(C)C. The van der Waals surface area contributed by atoms with Crippen LogP contribution in [0.4, 0.5) is 0 Å². The minimum Gasteiger partial charge on any atom is -0.466 e. The van der Waals surface area contributed by atoms with Crippen LogP contribution in [0, 0.1) is 0 Å². The molecule has 0 aromatic heterocycles. The van der Waals surface area contributed by atoms with E-state index in [1.54, 1.807) is 0 Å². The first-order valence-electron chi connectivity index (χ1n) is 6.97. The van der Waals surface area contributed by atoms with Crippen molar-refractivity contribution in [3.05, 3.63) is 12.2 Å². The fourth-order valence-corrected chi connectivity index (χ4v) is 1.68. The number of carbonyl (C=O) groups excluding carboxylic acids is 1. The van der Waals surface area contributed by atoms with Gasteiger partial charge in [-0.2, -0.15) is 0 Å². The summed E-state index contributed by atoms with van der Waals surface area (Å²) < 4.78 is 5.18. The van der Waals surface area contributed by atoms with E-state index in [2.05, 4.69) is 18.4 Å². The molecule has 0 saturated heterocycles. The number of unbranched alkanes of at least 4 members (excludes halogenated alkanes) is 3. The van der Waals surface area contributed by atoms with Gasteiger partial charge in [-0.05, 0) is 53.2 Å². The Kier molecular flexibility index (Phi) is 10.8. The molecular formula is C15H29NO2. The van der Waals surface area contributed by atoms with Crippen LogP contribution in [-0.2, 0) is 9.53 Å². The molecule has 0 N–H and O–H groups in total. The quantitative estimate of drug-likeness (QED) is 0.322. The zero-order valence-corrected chi connectivity index (χ0v) is 12.3. The number of hydrogen-bond donors (Lipinski definition) is 0. The van der Waals surface area contributed by atoms with Crippen LogP contribution in [0.3, 0.4) is 0 Å². The summed E-state index contributed by atoms with van der Waals surface area (Å²) in [5.74, 6) is -0.0567. The van der Waals surface area contributed by atoms with Gasteiger partial charge in [-0.1, -0.05) is 18.4 Å². The lowest BCUT2D eigenvalue weighted by Gasteiger charge is -2.08. The van der Waals surface area contributed by atoms with Crippen LogP contribution in [0.15, 0.2) is 12.2 Å². The Labute approximate surface area is 112 Å². The number of carbonyl (C=O) groups is 1. The zero-order chi connectivity index (χ0) is 13.8. The topological polar surface area (TPSA) is 29.5 Å². The molecule has 0 aliphatic heterocycles. The van der Waals surface area contributed by atoms with E-state index in [1.165, 1.54) is 18.4 Å². The van der Waals surface area contributed by atoms with E-state index in [0.717, 1.165) is 32.2 Å². The Morgan fingerprint density at radius 1 is 1.06 bits per heavy atom. The third-order valence-electron chi connectivity index (χ3n) is 2.75. The van der Waals surface area contributed by atoms with E-state index in [4.69, 9.17) is 4.74 Å². The van der Waals surface area contributed by atoms with Crippen molar-refractivity contribution in [2.75, 3.05) is 27.2 Å². The van der Waals surface area contributed by atoms with Crippen molar-refractivity contribution < 1.29 is 9.53 Å². The second kappa shape index (κ2) is 11.3. The molecule has 3 heteroatoms. The van der Waals surface area contributed by atoms with Crippen LogP contribution in [-0.4, -0.2) is 38.1 Å². The van der Waals surface area contributed by atoms with Crippen LogP contribution in [0.2, 0.25) is 0 Å². The molecule has 0 atom stereocenters. The third-order valence-corrected chi connectivity index (χ3v) is 2.75. The Morgan fingerprint density at radius 2 is 1.72 bits per heavy atom. The van der Waals surface area contributed by atoms with Crippen LogP contribution < -0.4 is 0 Å². The lowest BCUT2D eigenvalue weighted by Crippen LogP contribution is -2.15. The van der Waals surface area contributed by atoms with Crippen molar-refractivity contribution >= 4 is 5.97 Å². The number of nitrogens with zero attached hydrogens (tertiary/aromatic N) is 1. The predicted molar refractivity (Wildman–Crippen MR) is 76.6 cm³/mol. The summed E-state index contributed by atoms with van der Waals surface area (Å²) in [6, 6.07) is 0. The molecule has 0 fully saturated rings. The van der Waals surface area contributed by atoms with Crippen LogP contribution >= 0.6 is 0 Å². The molecule has 3 nitrogen and oxygen atoms in total. The van der Waals surface area contributed by atoms with Gasteiger partial charge in [0.1, 0.15) is 0 Å². The average molecular weight is 255 g/mol. The number of ether oxygens (including phenoxy) is 1. The predicted octanol–water partition coefficient (Wildman–Crippen LogP) is 3.40. The monoisotopic (exact) mass is 255 g/mol. The largest absolute Gasteiger partial charge is 0.466 e. The van der Waals surface area contributed by atoms with Crippen molar-refractivity contribution in [1.29, 1.82) is 0 Å². The van der Waals surface area contributed by atoms with Crippen molar-refractivity contribution in [3.8, 4) is 0 Å². The number of rotatable bonds is 11. The second-order valence-corrected chi connectivity index (χ2v) is 5.25. The molecule has 18 heavy (non-hydrogen) atoms. The number of esters is 1. The van der Waals surface area contributed by atoms with Gasteiger partial charge in [-0.15, -0.1) is 6.58 Å². The maximum absolute atomic E-state index is 11.4.